The number of carbonyl (C=O) groups is 2. The molecule has 2 heterocycles. The van der Waals surface area contributed by atoms with E-state index in [2.05, 4.69) is 4.98 Å². The zero-order chi connectivity index (χ0) is 24.2. The van der Waals surface area contributed by atoms with Crippen LogP contribution in [0.4, 0.5) is 18.0 Å². The number of halogens is 3. The summed E-state index contributed by atoms with van der Waals surface area (Å²) in [7, 11) is 1.44. The SMILES string of the molecule is CCc1cc(C(OC(N)=O)c2ccccc2)c(OC)nc1C1CCN(C(=O)C(F)(F)F)CC1. The molecule has 1 atom stereocenters. The summed E-state index contributed by atoms with van der Waals surface area (Å²) < 4.78 is 49.2. The van der Waals surface area contributed by atoms with Crippen molar-refractivity contribution in [2.75, 3.05) is 20.2 Å². The van der Waals surface area contributed by atoms with Crippen LogP contribution in [0.15, 0.2) is 36.4 Å². The number of nitrogens with zero attached hydrogens (tertiary/aromatic N) is 2. The number of nitrogens with two attached hydrogens (primary N) is 1. The molecule has 1 saturated heterocycles. The van der Waals surface area contributed by atoms with Gasteiger partial charge in [-0.1, -0.05) is 37.3 Å². The highest BCUT2D eigenvalue weighted by Gasteiger charge is 2.43. The first-order valence-electron chi connectivity index (χ1n) is 10.6. The number of pyridine rings is 1. The summed E-state index contributed by atoms with van der Waals surface area (Å²) in [6, 6.07) is 10.9. The zero-order valence-corrected chi connectivity index (χ0v) is 18.4. The van der Waals surface area contributed by atoms with Gasteiger partial charge in [-0.2, -0.15) is 13.2 Å². The van der Waals surface area contributed by atoms with E-state index in [1.807, 2.05) is 19.1 Å². The topological polar surface area (TPSA) is 94.8 Å². The van der Waals surface area contributed by atoms with Crippen LogP contribution >= 0.6 is 0 Å². The first-order valence-corrected chi connectivity index (χ1v) is 10.6. The molecule has 2 amide bonds. The van der Waals surface area contributed by atoms with E-state index in [-0.39, 0.29) is 24.9 Å². The van der Waals surface area contributed by atoms with E-state index in [9.17, 15) is 22.8 Å². The quantitative estimate of drug-likeness (QED) is 0.693. The largest absolute Gasteiger partial charge is 0.481 e. The number of piperidine rings is 1. The molecule has 0 aliphatic carbocycles. The van der Waals surface area contributed by atoms with Crippen molar-refractivity contribution in [2.24, 2.45) is 5.73 Å². The van der Waals surface area contributed by atoms with Crippen LogP contribution in [-0.4, -0.2) is 48.3 Å². The number of primary amides is 1. The monoisotopic (exact) mass is 465 g/mol. The van der Waals surface area contributed by atoms with Crippen LogP contribution < -0.4 is 10.5 Å². The minimum atomic E-state index is -4.88. The average Bonchev–Trinajstić information content (AvgIpc) is 2.81. The van der Waals surface area contributed by atoms with Gasteiger partial charge in [0, 0.05) is 19.0 Å². The Morgan fingerprint density at radius 2 is 1.85 bits per heavy atom. The summed E-state index contributed by atoms with van der Waals surface area (Å²) in [5, 5.41) is 0. The van der Waals surface area contributed by atoms with Gasteiger partial charge in [0.1, 0.15) is 0 Å². The predicted molar refractivity (Wildman–Crippen MR) is 114 cm³/mol. The van der Waals surface area contributed by atoms with Crippen molar-refractivity contribution >= 4 is 12.0 Å². The smallest absolute Gasteiger partial charge is 0.471 e. The Bertz CT molecular complexity index is 990. The second-order valence-corrected chi connectivity index (χ2v) is 7.78. The number of amides is 2. The Balaban J connectivity index is 1.93. The minimum absolute atomic E-state index is 0.00462. The number of aromatic nitrogens is 1. The summed E-state index contributed by atoms with van der Waals surface area (Å²) >= 11 is 0. The standard InChI is InChI=1S/C23H26F3N3O4/c1-3-14-13-17(19(33-22(27)31)16-7-5-4-6-8-16)20(32-2)28-18(14)15-9-11-29(12-10-15)21(30)23(24,25)26/h4-8,13,15,19H,3,9-12H2,1-2H3,(H2,27,31). The molecule has 178 valence electrons. The van der Waals surface area contributed by atoms with E-state index in [0.29, 0.717) is 36.1 Å². The minimum Gasteiger partial charge on any atom is -0.481 e. The second kappa shape index (κ2) is 10.1. The fourth-order valence-corrected chi connectivity index (χ4v) is 4.15. The molecule has 1 fully saturated rings. The molecule has 2 N–H and O–H groups in total. The highest BCUT2D eigenvalue weighted by molar-refractivity contribution is 5.81. The lowest BCUT2D eigenvalue weighted by Gasteiger charge is -2.33. The Morgan fingerprint density at radius 1 is 1.21 bits per heavy atom. The lowest BCUT2D eigenvalue weighted by Crippen LogP contribution is -2.45. The van der Waals surface area contributed by atoms with E-state index >= 15 is 0 Å². The van der Waals surface area contributed by atoms with Crippen molar-refractivity contribution in [3.8, 4) is 5.88 Å². The van der Waals surface area contributed by atoms with Crippen LogP contribution in [0, 0.1) is 0 Å². The molecule has 1 aliphatic heterocycles. The number of benzene rings is 1. The van der Waals surface area contributed by atoms with Gasteiger partial charge in [-0.3, -0.25) is 4.79 Å². The maximum Gasteiger partial charge on any atom is 0.471 e. The molecule has 7 nitrogen and oxygen atoms in total. The second-order valence-electron chi connectivity index (χ2n) is 7.78. The molecule has 0 radical (unpaired) electrons. The van der Waals surface area contributed by atoms with Gasteiger partial charge >= 0.3 is 18.2 Å². The number of rotatable bonds is 6. The fraction of sp³-hybridized carbons (Fsp3) is 0.435. The third-order valence-electron chi connectivity index (χ3n) is 5.73. The third-order valence-corrected chi connectivity index (χ3v) is 5.73. The zero-order valence-electron chi connectivity index (χ0n) is 18.4. The van der Waals surface area contributed by atoms with E-state index in [1.165, 1.54) is 7.11 Å². The third kappa shape index (κ3) is 5.55. The van der Waals surface area contributed by atoms with E-state index in [1.54, 1.807) is 24.3 Å². The van der Waals surface area contributed by atoms with Crippen molar-refractivity contribution < 1.29 is 32.2 Å². The molecule has 3 rings (SSSR count). The Labute approximate surface area is 189 Å². The molecule has 1 aromatic carbocycles. The molecule has 2 aromatic rings. The first-order chi connectivity index (χ1) is 15.7. The highest BCUT2D eigenvalue weighted by atomic mass is 19.4. The Morgan fingerprint density at radius 3 is 2.36 bits per heavy atom. The number of carbonyl (C=O) groups excluding carboxylic acids is 2. The Hall–Kier alpha value is -3.30. The number of ether oxygens (including phenoxy) is 2. The number of likely N-dealkylation sites (tertiary alicyclic amines) is 1. The summed E-state index contributed by atoms with van der Waals surface area (Å²) in [5.74, 6) is -1.70. The number of alkyl halides is 3. The number of hydrogen-bond donors (Lipinski definition) is 1. The lowest BCUT2D eigenvalue weighted by atomic mass is 9.88. The number of aryl methyl sites for hydroxylation is 1. The van der Waals surface area contributed by atoms with Crippen LogP contribution in [0.5, 0.6) is 5.88 Å². The van der Waals surface area contributed by atoms with Crippen LogP contribution in [-0.2, 0) is 16.0 Å². The predicted octanol–water partition coefficient (Wildman–Crippen LogP) is 4.11. The molecule has 1 aliphatic rings. The molecular weight excluding hydrogens is 439 g/mol. The van der Waals surface area contributed by atoms with E-state index in [0.717, 1.165) is 10.5 Å². The molecule has 0 saturated carbocycles. The molecule has 10 heteroatoms. The fourth-order valence-electron chi connectivity index (χ4n) is 4.15. The lowest BCUT2D eigenvalue weighted by molar-refractivity contribution is -0.186. The normalized spacial score (nSPS) is 15.7. The number of methoxy groups -OCH3 is 1. The molecule has 1 aromatic heterocycles. The first kappa shape index (κ1) is 24.3. The summed E-state index contributed by atoms with van der Waals surface area (Å²) in [6.07, 6.45) is -5.36. The summed E-state index contributed by atoms with van der Waals surface area (Å²) in [6.45, 7) is 1.93. The van der Waals surface area contributed by atoms with Gasteiger partial charge in [0.2, 0.25) is 5.88 Å². The summed E-state index contributed by atoms with van der Waals surface area (Å²) in [5.41, 5.74) is 8.09. The van der Waals surface area contributed by atoms with Crippen LogP contribution in [0.3, 0.4) is 0 Å². The van der Waals surface area contributed by atoms with Crippen LogP contribution in [0.2, 0.25) is 0 Å². The maximum atomic E-state index is 12.8. The number of hydrogen-bond acceptors (Lipinski definition) is 5. The van der Waals surface area contributed by atoms with Gasteiger partial charge in [-0.15, -0.1) is 0 Å². The van der Waals surface area contributed by atoms with Gasteiger partial charge in [0.05, 0.1) is 18.4 Å². The van der Waals surface area contributed by atoms with Gasteiger partial charge in [0.15, 0.2) is 6.10 Å². The maximum absolute atomic E-state index is 12.8. The van der Waals surface area contributed by atoms with Crippen LogP contribution in [0.25, 0.3) is 0 Å². The van der Waals surface area contributed by atoms with E-state index in [4.69, 9.17) is 15.2 Å². The van der Waals surface area contributed by atoms with Crippen molar-refractivity contribution in [3.63, 3.8) is 0 Å². The van der Waals surface area contributed by atoms with Crippen molar-refractivity contribution in [1.82, 2.24) is 9.88 Å². The van der Waals surface area contributed by atoms with Crippen molar-refractivity contribution in [3.05, 3.63) is 58.8 Å². The Kier molecular flexibility index (Phi) is 7.45. The average molecular weight is 465 g/mol. The van der Waals surface area contributed by atoms with Gasteiger partial charge < -0.3 is 20.1 Å². The molecule has 1 unspecified atom stereocenters. The van der Waals surface area contributed by atoms with Gasteiger partial charge in [-0.25, -0.2) is 9.78 Å². The molecule has 33 heavy (non-hydrogen) atoms. The van der Waals surface area contributed by atoms with Gasteiger partial charge in [0.25, 0.3) is 0 Å². The van der Waals surface area contributed by atoms with Crippen LogP contribution in [0.1, 0.15) is 54.2 Å². The van der Waals surface area contributed by atoms with Crippen molar-refractivity contribution in [1.29, 1.82) is 0 Å². The summed E-state index contributed by atoms with van der Waals surface area (Å²) in [4.78, 5) is 28.7. The molecule has 0 spiro atoms. The van der Waals surface area contributed by atoms with E-state index < -0.39 is 24.3 Å². The highest BCUT2D eigenvalue weighted by Crippen LogP contribution is 2.38. The van der Waals surface area contributed by atoms with Gasteiger partial charge in [-0.05, 0) is 36.5 Å². The molecular formula is C23H26F3N3O4. The molecule has 0 bridgehead atoms. The van der Waals surface area contributed by atoms with Crippen molar-refractivity contribution in [2.45, 2.75) is 44.4 Å².